The number of nitrogens with one attached hydrogen (secondary N) is 1. The van der Waals surface area contributed by atoms with Crippen LogP contribution in [-0.2, 0) is 17.8 Å². The average Bonchev–Trinajstić information content (AvgIpc) is 3.06. The molecule has 1 aliphatic heterocycles. The van der Waals surface area contributed by atoms with Gasteiger partial charge in [0.05, 0.1) is 6.33 Å². The summed E-state index contributed by atoms with van der Waals surface area (Å²) >= 11 is 0. The lowest BCUT2D eigenvalue weighted by Crippen LogP contribution is -2.34. The monoisotopic (exact) mass is 324 g/mol. The van der Waals surface area contributed by atoms with Crippen LogP contribution >= 0.6 is 0 Å². The molecule has 0 unspecified atom stereocenters. The second-order valence-corrected chi connectivity index (χ2v) is 6.42. The largest absolute Gasteiger partial charge is 0.374 e. The van der Waals surface area contributed by atoms with Gasteiger partial charge in [-0.15, -0.1) is 0 Å². The number of nitrogens with zero attached hydrogens (tertiary/aromatic N) is 3. The van der Waals surface area contributed by atoms with E-state index in [9.17, 15) is 4.79 Å². The van der Waals surface area contributed by atoms with Gasteiger partial charge in [-0.1, -0.05) is 6.07 Å². The second-order valence-electron chi connectivity index (χ2n) is 6.42. The van der Waals surface area contributed by atoms with Crippen molar-refractivity contribution in [1.29, 1.82) is 0 Å². The minimum atomic E-state index is -0.0718. The van der Waals surface area contributed by atoms with E-state index in [1.54, 1.807) is 18.6 Å². The number of aryl methyl sites for hydroxylation is 1. The molecule has 24 heavy (non-hydrogen) atoms. The first kappa shape index (κ1) is 16.3. The lowest BCUT2D eigenvalue weighted by atomic mass is 9.99. The van der Waals surface area contributed by atoms with Gasteiger partial charge in [0, 0.05) is 50.3 Å². The highest BCUT2D eigenvalue weighted by molar-refractivity contribution is 5.92. The molecule has 1 atom stereocenters. The molecule has 0 spiro atoms. The Morgan fingerprint density at radius 3 is 3.12 bits per heavy atom. The minimum Gasteiger partial charge on any atom is -0.374 e. The third kappa shape index (κ3) is 4.04. The first-order valence-corrected chi connectivity index (χ1v) is 8.40. The zero-order valence-electron chi connectivity index (χ0n) is 14.3. The summed E-state index contributed by atoms with van der Waals surface area (Å²) in [6, 6.07) is 6.45. The Morgan fingerprint density at radius 1 is 1.46 bits per heavy atom. The number of imidazole rings is 1. The first-order valence-electron chi connectivity index (χ1n) is 8.40. The zero-order chi connectivity index (χ0) is 16.9. The summed E-state index contributed by atoms with van der Waals surface area (Å²) in [4.78, 5) is 18.4. The molecule has 0 saturated heterocycles. The van der Waals surface area contributed by atoms with Gasteiger partial charge in [0.15, 0.2) is 0 Å². The van der Waals surface area contributed by atoms with Crippen LogP contribution in [-0.4, -0.2) is 35.1 Å². The summed E-state index contributed by atoms with van der Waals surface area (Å²) < 4.78 is 1.95. The topological polar surface area (TPSA) is 50.2 Å². The van der Waals surface area contributed by atoms with Gasteiger partial charge in [0.2, 0.25) is 5.91 Å². The van der Waals surface area contributed by atoms with Crippen LogP contribution in [0.25, 0.3) is 6.08 Å². The highest BCUT2D eigenvalue weighted by Crippen LogP contribution is 2.27. The van der Waals surface area contributed by atoms with Crippen molar-refractivity contribution in [3.8, 4) is 0 Å². The van der Waals surface area contributed by atoms with Crippen LogP contribution in [0.1, 0.15) is 24.5 Å². The lowest BCUT2D eigenvalue weighted by Gasteiger charge is -2.27. The van der Waals surface area contributed by atoms with Crippen molar-refractivity contribution in [3.63, 3.8) is 0 Å². The van der Waals surface area contributed by atoms with Gasteiger partial charge < -0.3 is 14.8 Å². The molecule has 1 aromatic carbocycles. The zero-order valence-corrected chi connectivity index (χ0v) is 14.3. The maximum Gasteiger partial charge on any atom is 0.244 e. The number of rotatable bonds is 5. The Balaban J connectivity index is 1.58. The molecule has 5 nitrogen and oxygen atoms in total. The second kappa shape index (κ2) is 7.34. The van der Waals surface area contributed by atoms with E-state index in [4.69, 9.17) is 0 Å². The van der Waals surface area contributed by atoms with Gasteiger partial charge in [-0.05, 0) is 49.1 Å². The van der Waals surface area contributed by atoms with Gasteiger partial charge in [-0.25, -0.2) is 4.98 Å². The average molecular weight is 324 g/mol. The van der Waals surface area contributed by atoms with Crippen LogP contribution in [0.5, 0.6) is 0 Å². The summed E-state index contributed by atoms with van der Waals surface area (Å²) in [5.74, 6) is -0.0718. The Bertz CT molecular complexity index is 721. The smallest absolute Gasteiger partial charge is 0.244 e. The van der Waals surface area contributed by atoms with E-state index in [0.717, 1.165) is 18.5 Å². The number of aromatic nitrogens is 2. The van der Waals surface area contributed by atoms with Crippen molar-refractivity contribution in [2.45, 2.75) is 32.4 Å². The maximum absolute atomic E-state index is 12.1. The summed E-state index contributed by atoms with van der Waals surface area (Å²) in [5, 5.41) is 2.98. The van der Waals surface area contributed by atoms with Crippen molar-refractivity contribution >= 4 is 17.7 Å². The summed E-state index contributed by atoms with van der Waals surface area (Å²) in [6.07, 6.45) is 11.2. The van der Waals surface area contributed by atoms with Crippen molar-refractivity contribution in [3.05, 3.63) is 54.1 Å². The summed E-state index contributed by atoms with van der Waals surface area (Å²) in [7, 11) is 2.13. The van der Waals surface area contributed by atoms with Crippen molar-refractivity contribution in [1.82, 2.24) is 14.9 Å². The predicted octanol–water partition coefficient (Wildman–Crippen LogP) is 2.48. The molecule has 126 valence electrons. The van der Waals surface area contributed by atoms with Gasteiger partial charge in [-0.2, -0.15) is 0 Å². The number of benzene rings is 1. The molecule has 2 aromatic rings. The van der Waals surface area contributed by atoms with E-state index in [0.29, 0.717) is 6.54 Å². The van der Waals surface area contributed by atoms with Crippen LogP contribution in [0.4, 0.5) is 5.69 Å². The third-order valence-corrected chi connectivity index (χ3v) is 4.31. The van der Waals surface area contributed by atoms with E-state index >= 15 is 0 Å². The molecule has 1 N–H and O–H groups in total. The molecule has 1 aromatic heterocycles. The van der Waals surface area contributed by atoms with Gasteiger partial charge >= 0.3 is 0 Å². The standard InChI is InChI=1S/C19H24N4O/c1-15(13-23-11-9-20-14-23)21-19(24)8-6-16-5-7-18-17(12-16)4-3-10-22(18)2/h5-9,11-12,14-15H,3-4,10,13H2,1-2H3,(H,21,24)/b8-6+/t15-/m1/s1. The van der Waals surface area contributed by atoms with Crippen LogP contribution in [0, 0.1) is 0 Å². The Hall–Kier alpha value is -2.56. The minimum absolute atomic E-state index is 0.0496. The van der Waals surface area contributed by atoms with E-state index < -0.39 is 0 Å². The van der Waals surface area contributed by atoms with Crippen molar-refractivity contribution < 1.29 is 4.79 Å². The number of carbonyl (C=O) groups is 1. The van der Waals surface area contributed by atoms with E-state index in [-0.39, 0.29) is 11.9 Å². The fraction of sp³-hybridized carbons (Fsp3) is 0.368. The normalized spacial score (nSPS) is 15.3. The van der Waals surface area contributed by atoms with E-state index in [2.05, 4.69) is 40.4 Å². The highest BCUT2D eigenvalue weighted by atomic mass is 16.1. The number of anilines is 1. The molecule has 0 aliphatic carbocycles. The highest BCUT2D eigenvalue weighted by Gasteiger charge is 2.13. The van der Waals surface area contributed by atoms with Crippen LogP contribution < -0.4 is 10.2 Å². The van der Waals surface area contributed by atoms with Crippen molar-refractivity contribution in [2.75, 3.05) is 18.5 Å². The molecule has 0 saturated carbocycles. The number of hydrogen-bond acceptors (Lipinski definition) is 3. The number of hydrogen-bond donors (Lipinski definition) is 1. The molecule has 5 heteroatoms. The maximum atomic E-state index is 12.1. The molecule has 2 heterocycles. The Kier molecular flexibility index (Phi) is 4.99. The molecule has 3 rings (SSSR count). The van der Waals surface area contributed by atoms with Crippen LogP contribution in [0.2, 0.25) is 0 Å². The predicted molar refractivity (Wildman–Crippen MR) is 96.9 cm³/mol. The van der Waals surface area contributed by atoms with Gasteiger partial charge in [-0.3, -0.25) is 4.79 Å². The molecule has 0 bridgehead atoms. The fourth-order valence-electron chi connectivity index (χ4n) is 3.13. The van der Waals surface area contributed by atoms with E-state index in [1.807, 2.05) is 23.8 Å². The SMILES string of the molecule is C[C@H](Cn1ccnc1)NC(=O)/C=C/c1ccc2c(c1)CCCN2C. The number of amides is 1. The van der Waals surface area contributed by atoms with Crippen molar-refractivity contribution in [2.24, 2.45) is 0 Å². The quantitative estimate of drug-likeness (QED) is 0.860. The number of fused-ring (bicyclic) bond motifs is 1. The molecule has 0 radical (unpaired) electrons. The molecule has 1 aliphatic rings. The number of carbonyl (C=O) groups excluding carboxylic acids is 1. The third-order valence-electron chi connectivity index (χ3n) is 4.31. The summed E-state index contributed by atoms with van der Waals surface area (Å²) in [6.45, 7) is 3.81. The fourth-order valence-corrected chi connectivity index (χ4v) is 3.13. The molecule has 0 fully saturated rings. The van der Waals surface area contributed by atoms with Crippen LogP contribution in [0.3, 0.4) is 0 Å². The van der Waals surface area contributed by atoms with Gasteiger partial charge in [0.1, 0.15) is 0 Å². The Labute approximate surface area is 143 Å². The van der Waals surface area contributed by atoms with Crippen LogP contribution in [0.15, 0.2) is 43.0 Å². The Morgan fingerprint density at radius 2 is 2.33 bits per heavy atom. The molecular weight excluding hydrogens is 300 g/mol. The molecule has 1 amide bonds. The summed E-state index contributed by atoms with van der Waals surface area (Å²) in [5.41, 5.74) is 3.73. The van der Waals surface area contributed by atoms with E-state index in [1.165, 1.54) is 17.7 Å². The van der Waals surface area contributed by atoms with Gasteiger partial charge in [0.25, 0.3) is 0 Å². The first-order chi connectivity index (χ1) is 11.6. The lowest BCUT2D eigenvalue weighted by molar-refractivity contribution is -0.117. The molecular formula is C19H24N4O.